The zero-order valence-corrected chi connectivity index (χ0v) is 16.6. The summed E-state index contributed by atoms with van der Waals surface area (Å²) in [7, 11) is 1.69. The molecule has 0 bridgehead atoms. The smallest absolute Gasteiger partial charge is 0.238 e. The quantitative estimate of drug-likeness (QED) is 0.821. The molecular formula is C23H30N2O2. The molecule has 0 saturated carbocycles. The topological polar surface area (TPSA) is 41.6 Å². The molecule has 4 nitrogen and oxygen atoms in total. The van der Waals surface area contributed by atoms with E-state index in [0.29, 0.717) is 6.54 Å². The Morgan fingerprint density at radius 3 is 2.63 bits per heavy atom. The second-order valence-corrected chi connectivity index (χ2v) is 7.40. The number of nitrogens with zero attached hydrogens (tertiary/aromatic N) is 1. The summed E-state index contributed by atoms with van der Waals surface area (Å²) in [6.45, 7) is 5.50. The maximum Gasteiger partial charge on any atom is 0.238 e. The minimum atomic E-state index is 0.0594. The first-order chi connectivity index (χ1) is 13.1. The minimum Gasteiger partial charge on any atom is -0.497 e. The molecule has 0 radical (unpaired) electrons. The Hall–Kier alpha value is -2.33. The number of nitrogens with one attached hydrogen (secondary N) is 1. The molecule has 1 heterocycles. The zero-order valence-electron chi connectivity index (χ0n) is 16.6. The van der Waals surface area contributed by atoms with Gasteiger partial charge in [-0.2, -0.15) is 0 Å². The van der Waals surface area contributed by atoms with Crippen LogP contribution in [0.15, 0.2) is 42.5 Å². The third-order valence-electron chi connectivity index (χ3n) is 5.59. The second kappa shape index (κ2) is 9.05. The highest BCUT2D eigenvalue weighted by Gasteiger charge is 2.24. The normalized spacial score (nSPS) is 18.0. The monoisotopic (exact) mass is 366 g/mol. The number of anilines is 1. The van der Waals surface area contributed by atoms with E-state index < -0.39 is 0 Å². The van der Waals surface area contributed by atoms with Crippen molar-refractivity contribution in [1.29, 1.82) is 0 Å². The number of ether oxygens (including phenoxy) is 1. The molecule has 144 valence electrons. The molecule has 3 rings (SSSR count). The standard InChI is InChI=1S/C23H30N2O2/c1-17-8-7-9-21(18(17)2)24-23(26)16-25-15-6-4-5-10-22(25)19-11-13-20(27-3)14-12-19/h7-9,11-14,22H,4-6,10,15-16H2,1-3H3,(H,24,26). The molecule has 0 aromatic heterocycles. The summed E-state index contributed by atoms with van der Waals surface area (Å²) in [6.07, 6.45) is 4.65. The molecule has 2 aromatic carbocycles. The van der Waals surface area contributed by atoms with Crippen LogP contribution in [0.3, 0.4) is 0 Å². The summed E-state index contributed by atoms with van der Waals surface area (Å²) in [4.78, 5) is 15.1. The van der Waals surface area contributed by atoms with Crippen LogP contribution in [0.4, 0.5) is 5.69 Å². The lowest BCUT2D eigenvalue weighted by atomic mass is 10.0. The molecule has 1 amide bonds. The molecule has 0 aliphatic carbocycles. The fourth-order valence-corrected chi connectivity index (χ4v) is 3.82. The van der Waals surface area contributed by atoms with Crippen LogP contribution in [0, 0.1) is 13.8 Å². The molecule has 27 heavy (non-hydrogen) atoms. The van der Waals surface area contributed by atoms with Gasteiger partial charge < -0.3 is 10.1 Å². The van der Waals surface area contributed by atoms with Gasteiger partial charge in [-0.25, -0.2) is 0 Å². The van der Waals surface area contributed by atoms with Crippen LogP contribution in [-0.2, 0) is 4.79 Å². The SMILES string of the molecule is COc1ccc(C2CCCCCN2CC(=O)Nc2cccc(C)c2C)cc1. The van der Waals surface area contributed by atoms with Crippen molar-refractivity contribution in [3.63, 3.8) is 0 Å². The van der Waals surface area contributed by atoms with E-state index in [2.05, 4.69) is 42.3 Å². The van der Waals surface area contributed by atoms with Crippen LogP contribution in [0.2, 0.25) is 0 Å². The number of aryl methyl sites for hydroxylation is 1. The predicted octanol–water partition coefficient (Wildman–Crippen LogP) is 4.87. The van der Waals surface area contributed by atoms with Gasteiger partial charge in [0, 0.05) is 11.7 Å². The lowest BCUT2D eigenvalue weighted by Gasteiger charge is -2.30. The fourth-order valence-electron chi connectivity index (χ4n) is 3.82. The van der Waals surface area contributed by atoms with Crippen LogP contribution in [0.1, 0.15) is 48.4 Å². The first-order valence-corrected chi connectivity index (χ1v) is 9.82. The van der Waals surface area contributed by atoms with Gasteiger partial charge in [0.25, 0.3) is 0 Å². The van der Waals surface area contributed by atoms with Crippen molar-refractivity contribution < 1.29 is 9.53 Å². The van der Waals surface area contributed by atoms with E-state index >= 15 is 0 Å². The number of methoxy groups -OCH3 is 1. The molecule has 2 aromatic rings. The number of hydrogen-bond donors (Lipinski definition) is 1. The number of benzene rings is 2. The second-order valence-electron chi connectivity index (χ2n) is 7.40. The summed E-state index contributed by atoms with van der Waals surface area (Å²) >= 11 is 0. The Morgan fingerprint density at radius 2 is 1.89 bits per heavy atom. The largest absolute Gasteiger partial charge is 0.497 e. The highest BCUT2D eigenvalue weighted by Crippen LogP contribution is 2.31. The highest BCUT2D eigenvalue weighted by molar-refractivity contribution is 5.93. The molecule has 1 unspecified atom stereocenters. The van der Waals surface area contributed by atoms with Crippen molar-refractivity contribution in [1.82, 2.24) is 4.90 Å². The Bertz CT molecular complexity index is 770. The summed E-state index contributed by atoms with van der Waals surface area (Å²) in [6, 6.07) is 14.6. The number of likely N-dealkylation sites (tertiary alicyclic amines) is 1. The molecular weight excluding hydrogens is 336 g/mol. The summed E-state index contributed by atoms with van der Waals surface area (Å²) in [5.74, 6) is 0.927. The van der Waals surface area contributed by atoms with Gasteiger partial charge in [0.2, 0.25) is 5.91 Å². The van der Waals surface area contributed by atoms with Crippen molar-refractivity contribution in [3.8, 4) is 5.75 Å². The van der Waals surface area contributed by atoms with E-state index in [1.165, 1.54) is 24.0 Å². The number of rotatable bonds is 5. The van der Waals surface area contributed by atoms with Gasteiger partial charge in [-0.05, 0) is 68.1 Å². The van der Waals surface area contributed by atoms with Gasteiger partial charge in [0.05, 0.1) is 13.7 Å². The third kappa shape index (κ3) is 4.89. The highest BCUT2D eigenvalue weighted by atomic mass is 16.5. The lowest BCUT2D eigenvalue weighted by molar-refractivity contribution is -0.117. The number of amides is 1. The maximum absolute atomic E-state index is 12.8. The van der Waals surface area contributed by atoms with Gasteiger partial charge in [-0.1, -0.05) is 37.1 Å². The number of carbonyl (C=O) groups is 1. The van der Waals surface area contributed by atoms with E-state index in [1.807, 2.05) is 24.3 Å². The third-order valence-corrected chi connectivity index (χ3v) is 5.59. The Labute approximate surface area is 162 Å². The zero-order chi connectivity index (χ0) is 19.2. The van der Waals surface area contributed by atoms with Gasteiger partial charge in [0.1, 0.15) is 5.75 Å². The lowest BCUT2D eigenvalue weighted by Crippen LogP contribution is -2.36. The number of carbonyl (C=O) groups excluding carboxylic acids is 1. The Kier molecular flexibility index (Phi) is 6.51. The van der Waals surface area contributed by atoms with E-state index in [4.69, 9.17) is 4.74 Å². The Morgan fingerprint density at radius 1 is 1.11 bits per heavy atom. The van der Waals surface area contributed by atoms with Crippen LogP contribution >= 0.6 is 0 Å². The van der Waals surface area contributed by atoms with Crippen molar-refractivity contribution in [3.05, 3.63) is 59.2 Å². The van der Waals surface area contributed by atoms with Crippen molar-refractivity contribution in [2.45, 2.75) is 45.6 Å². The van der Waals surface area contributed by atoms with Crippen molar-refractivity contribution >= 4 is 11.6 Å². The van der Waals surface area contributed by atoms with Crippen LogP contribution in [0.25, 0.3) is 0 Å². The molecule has 1 aliphatic rings. The summed E-state index contributed by atoms with van der Waals surface area (Å²) in [5, 5.41) is 3.11. The molecule has 1 aliphatic heterocycles. The van der Waals surface area contributed by atoms with E-state index in [1.54, 1.807) is 7.11 Å². The van der Waals surface area contributed by atoms with Gasteiger partial charge >= 0.3 is 0 Å². The first-order valence-electron chi connectivity index (χ1n) is 9.82. The molecule has 0 spiro atoms. The van der Waals surface area contributed by atoms with Crippen LogP contribution in [0.5, 0.6) is 5.75 Å². The fraction of sp³-hybridized carbons (Fsp3) is 0.435. The van der Waals surface area contributed by atoms with E-state index in [-0.39, 0.29) is 11.9 Å². The molecule has 1 fully saturated rings. The maximum atomic E-state index is 12.8. The number of hydrogen-bond acceptors (Lipinski definition) is 3. The summed E-state index contributed by atoms with van der Waals surface area (Å²) < 4.78 is 5.28. The molecule has 4 heteroatoms. The first kappa shape index (κ1) is 19.4. The Balaban J connectivity index is 1.73. The van der Waals surface area contributed by atoms with Gasteiger partial charge in [-0.15, -0.1) is 0 Å². The average molecular weight is 367 g/mol. The van der Waals surface area contributed by atoms with Crippen molar-refractivity contribution in [2.24, 2.45) is 0 Å². The van der Waals surface area contributed by atoms with E-state index in [9.17, 15) is 4.79 Å². The van der Waals surface area contributed by atoms with Gasteiger partial charge in [0.15, 0.2) is 0 Å². The molecule has 1 N–H and O–H groups in total. The minimum absolute atomic E-state index is 0.0594. The predicted molar refractivity (Wildman–Crippen MR) is 110 cm³/mol. The average Bonchev–Trinajstić information content (AvgIpc) is 2.91. The van der Waals surface area contributed by atoms with Crippen LogP contribution in [-0.4, -0.2) is 31.0 Å². The van der Waals surface area contributed by atoms with Gasteiger partial charge in [-0.3, -0.25) is 9.69 Å². The molecule has 1 atom stereocenters. The van der Waals surface area contributed by atoms with E-state index in [0.717, 1.165) is 36.4 Å². The molecule has 1 saturated heterocycles. The van der Waals surface area contributed by atoms with Crippen molar-refractivity contribution in [2.75, 3.05) is 25.5 Å². The summed E-state index contributed by atoms with van der Waals surface area (Å²) in [5.41, 5.74) is 4.50. The van der Waals surface area contributed by atoms with Crippen LogP contribution < -0.4 is 10.1 Å².